The number of amides is 1. The lowest BCUT2D eigenvalue weighted by atomic mass is 9.71. The topological polar surface area (TPSA) is 55.8 Å². The van der Waals surface area contributed by atoms with Crippen LogP contribution in [0.4, 0.5) is 4.79 Å². The van der Waals surface area contributed by atoms with Gasteiger partial charge in [-0.25, -0.2) is 4.79 Å². The van der Waals surface area contributed by atoms with E-state index >= 15 is 0 Å². The third kappa shape index (κ3) is 3.19. The normalized spacial score (nSPS) is 29.2. The molecular weight excluding hydrogens is 246 g/mol. The zero-order valence-electron chi connectivity index (χ0n) is 11.8. The molecule has 2 saturated heterocycles. The van der Waals surface area contributed by atoms with Crippen LogP contribution in [0.2, 0.25) is 0 Å². The summed E-state index contributed by atoms with van der Waals surface area (Å²) in [6.45, 7) is 5.23. The molecule has 19 heavy (non-hydrogen) atoms. The van der Waals surface area contributed by atoms with Gasteiger partial charge < -0.3 is 14.4 Å². The van der Waals surface area contributed by atoms with Crippen LogP contribution in [0.3, 0.4) is 0 Å². The van der Waals surface area contributed by atoms with Crippen molar-refractivity contribution in [3.05, 3.63) is 0 Å². The van der Waals surface area contributed by atoms with Gasteiger partial charge in [-0.05, 0) is 44.9 Å². The predicted molar refractivity (Wildman–Crippen MR) is 69.6 cm³/mol. The van der Waals surface area contributed by atoms with Crippen molar-refractivity contribution in [2.45, 2.75) is 45.6 Å². The van der Waals surface area contributed by atoms with Crippen molar-refractivity contribution in [2.75, 3.05) is 19.8 Å². The van der Waals surface area contributed by atoms with Crippen molar-refractivity contribution in [2.24, 2.45) is 11.8 Å². The SMILES string of the molecule is CCOC(=O)CC1CC2CCC1CN2C(=O)OCC. The Morgan fingerprint density at radius 3 is 2.47 bits per heavy atom. The lowest BCUT2D eigenvalue weighted by molar-refractivity contribution is -0.146. The van der Waals surface area contributed by atoms with E-state index in [0.29, 0.717) is 31.5 Å². The highest BCUT2D eigenvalue weighted by atomic mass is 16.6. The average molecular weight is 269 g/mol. The highest BCUT2D eigenvalue weighted by Crippen LogP contribution is 2.41. The molecule has 0 aromatic heterocycles. The summed E-state index contributed by atoms with van der Waals surface area (Å²) >= 11 is 0. The molecule has 1 aliphatic carbocycles. The number of esters is 1. The zero-order chi connectivity index (χ0) is 13.8. The lowest BCUT2D eigenvalue weighted by Gasteiger charge is -2.48. The zero-order valence-corrected chi connectivity index (χ0v) is 11.8. The van der Waals surface area contributed by atoms with Crippen LogP contribution in [-0.4, -0.2) is 42.8 Å². The Labute approximate surface area is 114 Å². The summed E-state index contributed by atoms with van der Waals surface area (Å²) in [5, 5.41) is 0. The molecule has 0 radical (unpaired) electrons. The largest absolute Gasteiger partial charge is 0.466 e. The van der Waals surface area contributed by atoms with Crippen LogP contribution < -0.4 is 0 Å². The van der Waals surface area contributed by atoms with Gasteiger partial charge in [-0.1, -0.05) is 0 Å². The van der Waals surface area contributed by atoms with Crippen molar-refractivity contribution in [3.8, 4) is 0 Å². The molecule has 5 nitrogen and oxygen atoms in total. The number of nitrogens with zero attached hydrogens (tertiary/aromatic N) is 1. The minimum atomic E-state index is -0.202. The summed E-state index contributed by atoms with van der Waals surface area (Å²) < 4.78 is 10.1. The molecule has 0 N–H and O–H groups in total. The first-order valence-electron chi connectivity index (χ1n) is 7.24. The Kier molecular flexibility index (Phi) is 4.66. The molecule has 2 bridgehead atoms. The summed E-state index contributed by atoms with van der Waals surface area (Å²) in [5.74, 6) is 0.671. The second kappa shape index (κ2) is 6.26. The van der Waals surface area contributed by atoms with Gasteiger partial charge in [0.05, 0.1) is 13.2 Å². The molecule has 3 atom stereocenters. The maximum absolute atomic E-state index is 11.8. The van der Waals surface area contributed by atoms with Crippen molar-refractivity contribution in [1.29, 1.82) is 0 Å². The molecule has 0 aromatic carbocycles. The van der Waals surface area contributed by atoms with E-state index in [-0.39, 0.29) is 18.1 Å². The van der Waals surface area contributed by atoms with Crippen molar-refractivity contribution >= 4 is 12.1 Å². The van der Waals surface area contributed by atoms with Gasteiger partial charge in [0, 0.05) is 19.0 Å². The maximum atomic E-state index is 11.8. The van der Waals surface area contributed by atoms with Crippen molar-refractivity contribution < 1.29 is 19.1 Å². The first kappa shape index (κ1) is 14.2. The predicted octanol–water partition coefficient (Wildman–Crippen LogP) is 2.20. The average Bonchev–Trinajstić information content (AvgIpc) is 2.40. The van der Waals surface area contributed by atoms with Gasteiger partial charge in [-0.2, -0.15) is 0 Å². The van der Waals surface area contributed by atoms with E-state index in [9.17, 15) is 9.59 Å². The van der Waals surface area contributed by atoms with E-state index in [1.54, 1.807) is 0 Å². The van der Waals surface area contributed by atoms with E-state index in [1.165, 1.54) is 0 Å². The third-order valence-corrected chi connectivity index (χ3v) is 4.22. The second-order valence-corrected chi connectivity index (χ2v) is 5.35. The number of carbonyl (C=O) groups excluding carboxylic acids is 2. The minimum absolute atomic E-state index is 0.109. The van der Waals surface area contributed by atoms with E-state index in [0.717, 1.165) is 25.8 Å². The Morgan fingerprint density at radius 1 is 1.16 bits per heavy atom. The summed E-state index contributed by atoms with van der Waals surface area (Å²) in [6, 6.07) is 0.239. The number of ether oxygens (including phenoxy) is 2. The van der Waals surface area contributed by atoms with Gasteiger partial charge in [-0.3, -0.25) is 4.79 Å². The van der Waals surface area contributed by atoms with Gasteiger partial charge in [0.2, 0.25) is 0 Å². The number of hydrogen-bond donors (Lipinski definition) is 0. The van der Waals surface area contributed by atoms with Crippen LogP contribution in [-0.2, 0) is 14.3 Å². The molecule has 108 valence electrons. The fraction of sp³-hybridized carbons (Fsp3) is 0.857. The van der Waals surface area contributed by atoms with Crippen LogP contribution in [0.5, 0.6) is 0 Å². The lowest BCUT2D eigenvalue weighted by Crippen LogP contribution is -2.54. The molecule has 2 heterocycles. The van der Waals surface area contributed by atoms with Crippen LogP contribution in [0.1, 0.15) is 39.5 Å². The Hall–Kier alpha value is -1.26. The van der Waals surface area contributed by atoms with Crippen molar-refractivity contribution in [1.82, 2.24) is 4.90 Å². The highest BCUT2D eigenvalue weighted by Gasteiger charge is 2.43. The number of fused-ring (bicyclic) bond motifs is 3. The quantitative estimate of drug-likeness (QED) is 0.734. The molecule has 3 unspecified atom stereocenters. The molecular formula is C14H23NO4. The standard InChI is InChI=1S/C14H23NO4/c1-3-18-13(16)8-11-7-12-6-5-10(11)9-15(12)14(17)19-4-2/h10-12H,3-9H2,1-2H3. The van der Waals surface area contributed by atoms with Gasteiger partial charge in [0.1, 0.15) is 0 Å². The molecule has 2 aliphatic heterocycles. The summed E-state index contributed by atoms with van der Waals surface area (Å²) in [6.07, 6.45) is 3.33. The Balaban J connectivity index is 1.90. The molecule has 3 rings (SSSR count). The van der Waals surface area contributed by atoms with Crippen LogP contribution in [0.15, 0.2) is 0 Å². The number of carbonyl (C=O) groups is 2. The van der Waals surface area contributed by atoms with E-state index in [2.05, 4.69) is 0 Å². The molecule has 3 aliphatic rings. The monoisotopic (exact) mass is 269 g/mol. The molecule has 1 amide bonds. The Bertz CT molecular complexity index is 344. The molecule has 0 spiro atoms. The number of hydrogen-bond acceptors (Lipinski definition) is 4. The maximum Gasteiger partial charge on any atom is 0.410 e. The summed E-state index contributed by atoms with van der Waals surface area (Å²) in [4.78, 5) is 25.3. The highest BCUT2D eigenvalue weighted by molar-refractivity contribution is 5.70. The summed E-state index contributed by atoms with van der Waals surface area (Å²) in [7, 11) is 0. The smallest absolute Gasteiger partial charge is 0.410 e. The van der Waals surface area contributed by atoms with E-state index in [1.807, 2.05) is 18.7 Å². The van der Waals surface area contributed by atoms with Crippen molar-refractivity contribution in [3.63, 3.8) is 0 Å². The van der Waals surface area contributed by atoms with Gasteiger partial charge in [-0.15, -0.1) is 0 Å². The minimum Gasteiger partial charge on any atom is -0.466 e. The van der Waals surface area contributed by atoms with Crippen LogP contribution in [0, 0.1) is 11.8 Å². The second-order valence-electron chi connectivity index (χ2n) is 5.35. The number of rotatable bonds is 4. The first-order chi connectivity index (χ1) is 9.15. The van der Waals surface area contributed by atoms with Crippen LogP contribution in [0.25, 0.3) is 0 Å². The molecule has 1 saturated carbocycles. The molecule has 5 heteroatoms. The fourth-order valence-electron chi connectivity index (χ4n) is 3.34. The number of piperidine rings is 2. The fourth-order valence-corrected chi connectivity index (χ4v) is 3.34. The molecule has 0 aromatic rings. The third-order valence-electron chi connectivity index (χ3n) is 4.22. The van der Waals surface area contributed by atoms with Gasteiger partial charge in [0.15, 0.2) is 0 Å². The Morgan fingerprint density at radius 2 is 1.89 bits per heavy atom. The molecule has 3 fully saturated rings. The first-order valence-corrected chi connectivity index (χ1v) is 7.24. The van der Waals surface area contributed by atoms with E-state index in [4.69, 9.17) is 9.47 Å². The summed E-state index contributed by atoms with van der Waals surface area (Å²) in [5.41, 5.74) is 0. The van der Waals surface area contributed by atoms with Gasteiger partial charge in [0.25, 0.3) is 0 Å². The van der Waals surface area contributed by atoms with E-state index < -0.39 is 0 Å². The van der Waals surface area contributed by atoms with Gasteiger partial charge >= 0.3 is 12.1 Å². The van der Waals surface area contributed by atoms with Crippen LogP contribution >= 0.6 is 0 Å².